The molecule has 0 amide bonds. The lowest BCUT2D eigenvalue weighted by molar-refractivity contribution is 0.668. The molecule has 0 N–H and O–H groups in total. The summed E-state index contributed by atoms with van der Waals surface area (Å²) in [5.41, 5.74) is 18.4. The lowest BCUT2D eigenvalue weighted by atomic mass is 9.73. The second-order valence-electron chi connectivity index (χ2n) is 18.0. The number of furan rings is 2. The molecule has 3 heterocycles. The first kappa shape index (κ1) is 37.6. The molecule has 0 fully saturated rings. The lowest BCUT2D eigenvalue weighted by Gasteiger charge is -2.32. The number of rotatable bonds is 6. The molecule has 0 radical (unpaired) electrons. The van der Waals surface area contributed by atoms with E-state index in [1.54, 1.807) is 0 Å². The maximum Gasteiger partial charge on any atom is 0.135 e. The minimum absolute atomic E-state index is 0.605. The topological polar surface area (TPSA) is 32.8 Å². The maximum atomic E-state index is 6.34. The molecule has 1 unspecified atom stereocenters. The Morgan fingerprint density at radius 1 is 0.309 bits per heavy atom. The van der Waals surface area contributed by atoms with Crippen LogP contribution in [-0.4, -0.2) is 0 Å². The van der Waals surface area contributed by atoms with Crippen LogP contribution in [0.3, 0.4) is 0 Å². The van der Waals surface area contributed by atoms with Crippen molar-refractivity contribution in [3.8, 4) is 22.3 Å². The Kier molecular flexibility index (Phi) is 7.83. The molecule has 68 heavy (non-hydrogen) atoms. The van der Waals surface area contributed by atoms with Gasteiger partial charge in [0.15, 0.2) is 0 Å². The van der Waals surface area contributed by atoms with Crippen LogP contribution in [0.2, 0.25) is 0 Å². The van der Waals surface area contributed by atoms with Gasteiger partial charge in [-0.2, -0.15) is 0 Å². The summed E-state index contributed by atoms with van der Waals surface area (Å²) in [6.07, 6.45) is 0. The predicted molar refractivity (Wildman–Crippen MR) is 282 cm³/mol. The van der Waals surface area contributed by atoms with Crippen LogP contribution in [0.4, 0.5) is 34.1 Å². The van der Waals surface area contributed by atoms with Crippen LogP contribution in [0.5, 0.6) is 0 Å². The van der Waals surface area contributed by atoms with Crippen molar-refractivity contribution in [2.24, 2.45) is 0 Å². The van der Waals surface area contributed by atoms with Crippen LogP contribution in [-0.2, 0) is 5.41 Å². The molecule has 0 saturated carbocycles. The van der Waals surface area contributed by atoms with Crippen LogP contribution in [0.15, 0.2) is 239 Å². The standard InChI is InChI=1S/C63H38N2O2S/c1-3-15-39(16-4-1)64(41-29-33-58-51(35-41)47-20-8-12-24-56(47)66-58)43-27-31-46-45-19-7-11-23-53(45)63(54(46)37-43)55-38-44(28-32-49(55)61-50-22-10-14-26-60(50)68-62(61)63)65(40-17-5-2-6-18-40)42-30-34-59-52(36-42)48-21-9-13-25-57(48)67-59/h1-38H. The summed E-state index contributed by atoms with van der Waals surface area (Å²) in [4.78, 5) is 6.18. The molecule has 0 bridgehead atoms. The van der Waals surface area contributed by atoms with Gasteiger partial charge in [-0.25, -0.2) is 0 Å². The van der Waals surface area contributed by atoms with Crippen molar-refractivity contribution in [2.45, 2.75) is 5.41 Å². The summed E-state index contributed by atoms with van der Waals surface area (Å²) in [5.74, 6) is 0. The van der Waals surface area contributed by atoms with Crippen molar-refractivity contribution < 1.29 is 8.83 Å². The largest absolute Gasteiger partial charge is 0.456 e. The lowest BCUT2D eigenvalue weighted by Crippen LogP contribution is -2.25. The zero-order chi connectivity index (χ0) is 44.5. The molecular formula is C63H38N2O2S. The number of hydrogen-bond donors (Lipinski definition) is 0. The van der Waals surface area contributed by atoms with E-state index < -0.39 is 5.41 Å². The average Bonchev–Trinajstić information content (AvgIpc) is 4.20. The van der Waals surface area contributed by atoms with Crippen LogP contribution >= 0.6 is 11.3 Å². The summed E-state index contributed by atoms with van der Waals surface area (Å²) < 4.78 is 14.0. The highest BCUT2D eigenvalue weighted by Gasteiger charge is 2.54. The zero-order valence-corrected chi connectivity index (χ0v) is 37.4. The van der Waals surface area contributed by atoms with Crippen LogP contribution in [0.25, 0.3) is 76.2 Å². The van der Waals surface area contributed by atoms with E-state index in [9.17, 15) is 0 Å². The second kappa shape index (κ2) is 14.2. The Morgan fingerprint density at radius 2 is 0.750 bits per heavy atom. The Balaban J connectivity index is 0.996. The fourth-order valence-electron chi connectivity index (χ4n) is 11.6. The van der Waals surface area contributed by atoms with Gasteiger partial charge in [-0.3, -0.25) is 0 Å². The highest BCUT2D eigenvalue weighted by atomic mass is 32.1. The fourth-order valence-corrected chi connectivity index (χ4v) is 13.0. The third kappa shape index (κ3) is 5.19. The average molecular weight is 887 g/mol. The molecule has 13 aromatic rings. The Labute approximate surface area is 395 Å². The Morgan fingerprint density at radius 3 is 1.37 bits per heavy atom. The van der Waals surface area contributed by atoms with E-state index in [4.69, 9.17) is 8.83 Å². The summed E-state index contributed by atoms with van der Waals surface area (Å²) in [5, 5.41) is 5.71. The normalized spacial score (nSPS) is 14.5. The maximum absolute atomic E-state index is 6.34. The summed E-state index contributed by atoms with van der Waals surface area (Å²) in [6, 6.07) is 83.8. The SMILES string of the molecule is c1ccc(N(c2ccc3c(c2)C2(c4ccccc4-3)c3cc(N(c4ccccc4)c4ccc5oc6ccccc6c5c4)ccc3-c3c2sc2ccccc32)c2ccc3oc4ccccc4c3c2)cc1. The molecule has 2 aliphatic rings. The molecule has 4 nitrogen and oxygen atoms in total. The quantitative estimate of drug-likeness (QED) is 0.167. The van der Waals surface area contributed by atoms with E-state index in [-0.39, 0.29) is 0 Å². The molecule has 318 valence electrons. The fraction of sp³-hybridized carbons (Fsp3) is 0.0159. The highest BCUT2D eigenvalue weighted by Crippen LogP contribution is 2.67. The van der Waals surface area contributed by atoms with E-state index >= 15 is 0 Å². The molecule has 2 aliphatic carbocycles. The first-order chi connectivity index (χ1) is 33.7. The van der Waals surface area contributed by atoms with Gasteiger partial charge in [-0.15, -0.1) is 11.3 Å². The number of thiophene rings is 1. The highest BCUT2D eigenvalue weighted by molar-refractivity contribution is 7.20. The van der Waals surface area contributed by atoms with E-state index in [2.05, 4.69) is 216 Å². The van der Waals surface area contributed by atoms with Crippen LogP contribution in [0.1, 0.15) is 21.6 Å². The van der Waals surface area contributed by atoms with Gasteiger partial charge >= 0.3 is 0 Å². The van der Waals surface area contributed by atoms with Gasteiger partial charge in [-0.1, -0.05) is 127 Å². The smallest absolute Gasteiger partial charge is 0.135 e. The van der Waals surface area contributed by atoms with Crippen molar-refractivity contribution in [1.29, 1.82) is 0 Å². The number of anilines is 6. The van der Waals surface area contributed by atoms with Crippen LogP contribution < -0.4 is 9.80 Å². The van der Waals surface area contributed by atoms with Gasteiger partial charge in [-0.05, 0) is 137 Å². The first-order valence-corrected chi connectivity index (χ1v) is 24.0. The summed E-state index contributed by atoms with van der Waals surface area (Å²) in [7, 11) is 0. The van der Waals surface area contributed by atoms with E-state index in [0.717, 1.165) is 78.0 Å². The minimum atomic E-state index is -0.605. The minimum Gasteiger partial charge on any atom is -0.456 e. The molecule has 1 atom stereocenters. The molecule has 0 saturated heterocycles. The van der Waals surface area contributed by atoms with Crippen molar-refractivity contribution in [3.63, 3.8) is 0 Å². The van der Waals surface area contributed by atoms with Gasteiger partial charge < -0.3 is 18.6 Å². The number of para-hydroxylation sites is 4. The van der Waals surface area contributed by atoms with Gasteiger partial charge in [0.05, 0.1) is 5.41 Å². The molecule has 15 rings (SSSR count). The summed E-state index contributed by atoms with van der Waals surface area (Å²) >= 11 is 1.94. The molecule has 1 spiro atoms. The van der Waals surface area contributed by atoms with E-state index in [1.807, 2.05) is 35.6 Å². The van der Waals surface area contributed by atoms with Gasteiger partial charge in [0, 0.05) is 76.2 Å². The second-order valence-corrected chi connectivity index (χ2v) is 19.0. The van der Waals surface area contributed by atoms with Crippen molar-refractivity contribution >= 4 is 99.4 Å². The van der Waals surface area contributed by atoms with Crippen molar-refractivity contribution in [1.82, 2.24) is 0 Å². The number of nitrogens with zero attached hydrogens (tertiary/aromatic N) is 2. The van der Waals surface area contributed by atoms with Crippen molar-refractivity contribution in [2.75, 3.05) is 9.80 Å². The molecule has 0 aliphatic heterocycles. The monoisotopic (exact) mass is 886 g/mol. The summed E-state index contributed by atoms with van der Waals surface area (Å²) in [6.45, 7) is 0. The molecule has 3 aromatic heterocycles. The number of fused-ring (bicyclic) bond motifs is 18. The number of benzene rings is 10. The van der Waals surface area contributed by atoms with Gasteiger partial charge in [0.25, 0.3) is 0 Å². The Bertz CT molecular complexity index is 4180. The third-order valence-corrected chi connectivity index (χ3v) is 15.7. The van der Waals surface area contributed by atoms with Gasteiger partial charge in [0.1, 0.15) is 22.3 Å². The third-order valence-electron chi connectivity index (χ3n) is 14.4. The van der Waals surface area contributed by atoms with Gasteiger partial charge in [0.2, 0.25) is 0 Å². The predicted octanol–water partition coefficient (Wildman–Crippen LogP) is 18.0. The zero-order valence-electron chi connectivity index (χ0n) is 36.6. The van der Waals surface area contributed by atoms with E-state index in [1.165, 1.54) is 53.9 Å². The van der Waals surface area contributed by atoms with Crippen molar-refractivity contribution in [3.05, 3.63) is 252 Å². The molecule has 5 heteroatoms. The number of hydrogen-bond acceptors (Lipinski definition) is 5. The van der Waals surface area contributed by atoms with E-state index in [0.29, 0.717) is 0 Å². The first-order valence-electron chi connectivity index (χ1n) is 23.1. The molecular weight excluding hydrogens is 849 g/mol. The molecule has 10 aromatic carbocycles. The van der Waals surface area contributed by atoms with Crippen LogP contribution in [0, 0.1) is 0 Å². The Hall–Kier alpha value is -8.64.